The molecule has 1 N–H and O–H groups in total. The molecule has 1 rings (SSSR count). The van der Waals surface area contributed by atoms with E-state index in [9.17, 15) is 0 Å². The zero-order valence-corrected chi connectivity index (χ0v) is 13.9. The number of hydrogen-bond acceptors (Lipinski definition) is 2. The van der Waals surface area contributed by atoms with Gasteiger partial charge in [-0.3, -0.25) is 4.68 Å². The number of aromatic nitrogens is 2. The second-order valence-electron chi connectivity index (χ2n) is 5.57. The van der Waals surface area contributed by atoms with Crippen LogP contribution in [-0.4, -0.2) is 23.4 Å². The normalized spacial score (nSPS) is 12.1. The SMILES string of the molecule is CCc1nn(CC)c(CC(C)(C)CCNC)c1Br. The molecule has 18 heavy (non-hydrogen) atoms. The first-order valence-corrected chi connectivity index (χ1v) is 7.63. The molecule has 0 aromatic carbocycles. The minimum absolute atomic E-state index is 0.295. The Labute approximate surface area is 119 Å². The minimum atomic E-state index is 0.295. The van der Waals surface area contributed by atoms with Crippen molar-refractivity contribution < 1.29 is 0 Å². The van der Waals surface area contributed by atoms with Crippen LogP contribution in [0.3, 0.4) is 0 Å². The first-order chi connectivity index (χ1) is 8.45. The van der Waals surface area contributed by atoms with Crippen molar-refractivity contribution in [2.45, 2.75) is 53.5 Å². The lowest BCUT2D eigenvalue weighted by molar-refractivity contribution is 0.319. The molecule has 0 radical (unpaired) electrons. The number of nitrogens with zero attached hydrogens (tertiary/aromatic N) is 2. The summed E-state index contributed by atoms with van der Waals surface area (Å²) in [5.74, 6) is 0. The van der Waals surface area contributed by atoms with Gasteiger partial charge in [0.2, 0.25) is 0 Å². The van der Waals surface area contributed by atoms with Gasteiger partial charge in [0.25, 0.3) is 0 Å². The van der Waals surface area contributed by atoms with Crippen LogP contribution in [0, 0.1) is 5.41 Å². The van der Waals surface area contributed by atoms with E-state index in [1.165, 1.54) is 22.3 Å². The fourth-order valence-corrected chi connectivity index (χ4v) is 2.90. The van der Waals surface area contributed by atoms with Crippen molar-refractivity contribution in [3.8, 4) is 0 Å². The predicted octanol–water partition coefficient (Wildman–Crippen LogP) is 3.41. The first-order valence-electron chi connectivity index (χ1n) is 6.83. The molecule has 0 saturated heterocycles. The molecule has 1 heterocycles. The van der Waals surface area contributed by atoms with Gasteiger partial charge >= 0.3 is 0 Å². The van der Waals surface area contributed by atoms with E-state index in [4.69, 9.17) is 0 Å². The molecule has 0 saturated carbocycles. The minimum Gasteiger partial charge on any atom is -0.320 e. The Kier molecular flexibility index (Phi) is 5.86. The van der Waals surface area contributed by atoms with Gasteiger partial charge in [0.15, 0.2) is 0 Å². The lowest BCUT2D eigenvalue weighted by atomic mass is 9.84. The van der Waals surface area contributed by atoms with Crippen molar-refractivity contribution in [3.05, 3.63) is 15.9 Å². The molecule has 0 aliphatic heterocycles. The molecule has 0 aliphatic carbocycles. The molecule has 0 unspecified atom stereocenters. The Hall–Kier alpha value is -0.350. The fourth-order valence-electron chi connectivity index (χ4n) is 2.19. The monoisotopic (exact) mass is 315 g/mol. The van der Waals surface area contributed by atoms with Crippen molar-refractivity contribution >= 4 is 15.9 Å². The molecule has 0 amide bonds. The van der Waals surface area contributed by atoms with Crippen LogP contribution in [0.2, 0.25) is 0 Å². The van der Waals surface area contributed by atoms with Gasteiger partial charge in [-0.25, -0.2) is 0 Å². The third-order valence-corrected chi connectivity index (χ3v) is 4.31. The van der Waals surface area contributed by atoms with Gasteiger partial charge in [-0.15, -0.1) is 0 Å². The summed E-state index contributed by atoms with van der Waals surface area (Å²) in [5.41, 5.74) is 2.82. The second-order valence-corrected chi connectivity index (χ2v) is 6.36. The Morgan fingerprint density at radius 2 is 2.00 bits per heavy atom. The van der Waals surface area contributed by atoms with Gasteiger partial charge in [-0.1, -0.05) is 20.8 Å². The van der Waals surface area contributed by atoms with Gasteiger partial charge in [-0.2, -0.15) is 5.10 Å². The summed E-state index contributed by atoms with van der Waals surface area (Å²) in [4.78, 5) is 0. The van der Waals surface area contributed by atoms with Gasteiger partial charge in [0, 0.05) is 6.54 Å². The maximum atomic E-state index is 4.67. The van der Waals surface area contributed by atoms with Crippen molar-refractivity contribution in [2.75, 3.05) is 13.6 Å². The highest BCUT2D eigenvalue weighted by Crippen LogP contribution is 2.31. The van der Waals surface area contributed by atoms with Crippen LogP contribution in [0.1, 0.15) is 45.5 Å². The largest absolute Gasteiger partial charge is 0.320 e. The smallest absolute Gasteiger partial charge is 0.0766 e. The van der Waals surface area contributed by atoms with E-state index in [0.29, 0.717) is 5.41 Å². The number of hydrogen-bond donors (Lipinski definition) is 1. The van der Waals surface area contributed by atoms with Crippen molar-refractivity contribution in [1.29, 1.82) is 0 Å². The summed E-state index contributed by atoms with van der Waals surface area (Å²) in [6.07, 6.45) is 3.22. The molecule has 3 nitrogen and oxygen atoms in total. The average molecular weight is 316 g/mol. The lowest BCUT2D eigenvalue weighted by Gasteiger charge is -2.25. The van der Waals surface area contributed by atoms with Crippen LogP contribution < -0.4 is 5.32 Å². The van der Waals surface area contributed by atoms with E-state index in [2.05, 4.69) is 58.7 Å². The molecule has 0 spiro atoms. The van der Waals surface area contributed by atoms with Crippen molar-refractivity contribution in [1.82, 2.24) is 15.1 Å². The van der Waals surface area contributed by atoms with Crippen molar-refractivity contribution in [2.24, 2.45) is 5.41 Å². The van der Waals surface area contributed by atoms with E-state index in [-0.39, 0.29) is 0 Å². The second kappa shape index (κ2) is 6.71. The van der Waals surface area contributed by atoms with Gasteiger partial charge in [0.05, 0.1) is 15.9 Å². The highest BCUT2D eigenvalue weighted by molar-refractivity contribution is 9.10. The highest BCUT2D eigenvalue weighted by atomic mass is 79.9. The third kappa shape index (κ3) is 3.82. The molecule has 0 aliphatic rings. The summed E-state index contributed by atoms with van der Waals surface area (Å²) in [6, 6.07) is 0. The topological polar surface area (TPSA) is 29.9 Å². The molecule has 0 bridgehead atoms. The summed E-state index contributed by atoms with van der Waals surface area (Å²) in [6.45, 7) is 11.0. The Balaban J connectivity index is 2.91. The van der Waals surface area contributed by atoms with Crippen molar-refractivity contribution in [3.63, 3.8) is 0 Å². The summed E-state index contributed by atoms with van der Waals surface area (Å²) < 4.78 is 3.36. The fraction of sp³-hybridized carbons (Fsp3) is 0.786. The zero-order chi connectivity index (χ0) is 13.8. The molecule has 1 aromatic heterocycles. The lowest BCUT2D eigenvalue weighted by Crippen LogP contribution is -2.23. The average Bonchev–Trinajstić information content (AvgIpc) is 2.63. The summed E-state index contributed by atoms with van der Waals surface area (Å²) in [5, 5.41) is 7.90. The third-order valence-electron chi connectivity index (χ3n) is 3.39. The molecule has 4 heteroatoms. The summed E-state index contributed by atoms with van der Waals surface area (Å²) >= 11 is 3.72. The summed E-state index contributed by atoms with van der Waals surface area (Å²) in [7, 11) is 2.01. The van der Waals surface area contributed by atoms with Crippen LogP contribution in [0.25, 0.3) is 0 Å². The molecule has 104 valence electrons. The first kappa shape index (κ1) is 15.7. The molecule has 1 aromatic rings. The van der Waals surface area contributed by atoms with E-state index in [0.717, 1.165) is 25.9 Å². The van der Waals surface area contributed by atoms with E-state index in [1.54, 1.807) is 0 Å². The van der Waals surface area contributed by atoms with Crippen LogP contribution in [0.4, 0.5) is 0 Å². The Bertz CT molecular complexity index is 383. The number of rotatable bonds is 7. The van der Waals surface area contributed by atoms with E-state index < -0.39 is 0 Å². The number of aryl methyl sites for hydroxylation is 2. The molecular formula is C14H26BrN3. The molecule has 0 fully saturated rings. The van der Waals surface area contributed by atoms with Crippen LogP contribution in [0.15, 0.2) is 4.47 Å². The zero-order valence-electron chi connectivity index (χ0n) is 12.3. The van der Waals surface area contributed by atoms with Crippen LogP contribution in [-0.2, 0) is 19.4 Å². The predicted molar refractivity (Wildman–Crippen MR) is 81.0 cm³/mol. The van der Waals surface area contributed by atoms with Gasteiger partial charge in [-0.05, 0) is 61.1 Å². The standard InChI is InChI=1S/C14H26BrN3/c1-6-11-13(15)12(18(7-2)17-11)10-14(3,4)8-9-16-5/h16H,6-10H2,1-5H3. The van der Waals surface area contributed by atoms with Gasteiger partial charge in [0.1, 0.15) is 0 Å². The Morgan fingerprint density at radius 3 is 2.50 bits per heavy atom. The maximum Gasteiger partial charge on any atom is 0.0766 e. The quantitative estimate of drug-likeness (QED) is 0.835. The van der Waals surface area contributed by atoms with Crippen LogP contribution >= 0.6 is 15.9 Å². The Morgan fingerprint density at radius 1 is 1.33 bits per heavy atom. The van der Waals surface area contributed by atoms with E-state index >= 15 is 0 Å². The number of nitrogens with one attached hydrogen (secondary N) is 1. The van der Waals surface area contributed by atoms with E-state index in [1.807, 2.05) is 7.05 Å². The van der Waals surface area contributed by atoms with Crippen LogP contribution in [0.5, 0.6) is 0 Å². The maximum absolute atomic E-state index is 4.67. The number of halogens is 1. The van der Waals surface area contributed by atoms with Gasteiger partial charge < -0.3 is 5.32 Å². The molecule has 0 atom stereocenters. The highest BCUT2D eigenvalue weighted by Gasteiger charge is 2.23. The molecular weight excluding hydrogens is 290 g/mol.